The number of nitrogens with zero attached hydrogens (tertiary/aromatic N) is 3. The number of hydrogen-bond acceptors (Lipinski definition) is 4. The van der Waals surface area contributed by atoms with Gasteiger partial charge in [0.2, 0.25) is 0 Å². The van der Waals surface area contributed by atoms with Crippen molar-refractivity contribution in [2.75, 3.05) is 13.2 Å². The van der Waals surface area contributed by atoms with Crippen LogP contribution >= 0.6 is 0 Å². The second-order valence-corrected chi connectivity index (χ2v) is 4.26. The summed E-state index contributed by atoms with van der Waals surface area (Å²) in [5, 5.41) is 0. The standard InChI is InChI=1S/C12H21N3O2/c1-5-17-12(16)9-15(10(2)3)8-11-13-6-7-14(11)4/h6-7,10H,5,8-9H2,1-4H3. The molecule has 0 spiro atoms. The van der Waals surface area contributed by atoms with Crippen molar-refractivity contribution in [3.8, 4) is 0 Å². The van der Waals surface area contributed by atoms with Gasteiger partial charge in [-0.05, 0) is 20.8 Å². The monoisotopic (exact) mass is 239 g/mol. The highest BCUT2D eigenvalue weighted by atomic mass is 16.5. The minimum absolute atomic E-state index is 0.185. The minimum Gasteiger partial charge on any atom is -0.465 e. The van der Waals surface area contributed by atoms with Gasteiger partial charge in [0.1, 0.15) is 5.82 Å². The smallest absolute Gasteiger partial charge is 0.320 e. The lowest BCUT2D eigenvalue weighted by Gasteiger charge is -2.24. The maximum absolute atomic E-state index is 11.5. The van der Waals surface area contributed by atoms with Crippen molar-refractivity contribution in [1.82, 2.24) is 14.5 Å². The van der Waals surface area contributed by atoms with Crippen LogP contribution in [0, 0.1) is 0 Å². The van der Waals surface area contributed by atoms with Crippen molar-refractivity contribution < 1.29 is 9.53 Å². The van der Waals surface area contributed by atoms with E-state index in [-0.39, 0.29) is 12.0 Å². The highest BCUT2D eigenvalue weighted by molar-refractivity contribution is 5.71. The van der Waals surface area contributed by atoms with Gasteiger partial charge in [-0.15, -0.1) is 0 Å². The molecule has 5 heteroatoms. The quantitative estimate of drug-likeness (QED) is 0.700. The Morgan fingerprint density at radius 2 is 2.29 bits per heavy atom. The van der Waals surface area contributed by atoms with E-state index in [9.17, 15) is 4.79 Å². The Hall–Kier alpha value is -1.36. The highest BCUT2D eigenvalue weighted by Gasteiger charge is 2.16. The molecule has 1 rings (SSSR count). The lowest BCUT2D eigenvalue weighted by molar-refractivity contribution is -0.145. The summed E-state index contributed by atoms with van der Waals surface area (Å²) in [4.78, 5) is 17.8. The van der Waals surface area contributed by atoms with Crippen molar-refractivity contribution in [2.24, 2.45) is 7.05 Å². The molecule has 0 fully saturated rings. The molecule has 0 aliphatic carbocycles. The third kappa shape index (κ3) is 4.19. The summed E-state index contributed by atoms with van der Waals surface area (Å²) in [6, 6.07) is 0.274. The second-order valence-electron chi connectivity index (χ2n) is 4.26. The third-order valence-electron chi connectivity index (χ3n) is 2.63. The Bertz CT molecular complexity index is 360. The van der Waals surface area contributed by atoms with Crippen molar-refractivity contribution in [1.29, 1.82) is 0 Å². The summed E-state index contributed by atoms with van der Waals surface area (Å²) in [5.74, 6) is 0.762. The van der Waals surface area contributed by atoms with Gasteiger partial charge in [-0.2, -0.15) is 0 Å². The van der Waals surface area contributed by atoms with Gasteiger partial charge in [-0.25, -0.2) is 4.98 Å². The predicted octanol–water partition coefficient (Wildman–Crippen LogP) is 1.19. The topological polar surface area (TPSA) is 47.4 Å². The van der Waals surface area contributed by atoms with Crippen LogP contribution in [-0.4, -0.2) is 39.6 Å². The van der Waals surface area contributed by atoms with E-state index < -0.39 is 0 Å². The average molecular weight is 239 g/mol. The van der Waals surface area contributed by atoms with E-state index in [1.54, 1.807) is 6.20 Å². The van der Waals surface area contributed by atoms with E-state index in [0.29, 0.717) is 19.7 Å². The number of aromatic nitrogens is 2. The van der Waals surface area contributed by atoms with E-state index in [1.807, 2.05) is 29.6 Å². The molecule has 0 atom stereocenters. The van der Waals surface area contributed by atoms with Gasteiger partial charge in [0, 0.05) is 25.5 Å². The average Bonchev–Trinajstić information content (AvgIpc) is 2.63. The van der Waals surface area contributed by atoms with Gasteiger partial charge in [0.15, 0.2) is 0 Å². The van der Waals surface area contributed by atoms with Gasteiger partial charge in [0.25, 0.3) is 0 Å². The summed E-state index contributed by atoms with van der Waals surface area (Å²) in [5.41, 5.74) is 0. The van der Waals surface area contributed by atoms with Crippen LogP contribution in [-0.2, 0) is 23.1 Å². The Kier molecular flexibility index (Phi) is 5.15. The number of rotatable bonds is 6. The zero-order valence-electron chi connectivity index (χ0n) is 11.0. The Morgan fingerprint density at radius 1 is 1.59 bits per heavy atom. The molecule has 0 saturated carbocycles. The van der Waals surface area contributed by atoms with E-state index >= 15 is 0 Å². The molecule has 0 amide bonds. The van der Waals surface area contributed by atoms with Crippen LogP contribution in [0.1, 0.15) is 26.6 Å². The molecular formula is C12H21N3O2. The second kappa shape index (κ2) is 6.39. The molecule has 0 aliphatic heterocycles. The molecule has 1 heterocycles. The summed E-state index contributed by atoms with van der Waals surface area (Å²) in [7, 11) is 1.95. The summed E-state index contributed by atoms with van der Waals surface area (Å²) in [6.45, 7) is 7.31. The van der Waals surface area contributed by atoms with E-state index in [0.717, 1.165) is 5.82 Å². The van der Waals surface area contributed by atoms with Crippen LogP contribution in [0.4, 0.5) is 0 Å². The van der Waals surface area contributed by atoms with Crippen LogP contribution in [0.5, 0.6) is 0 Å². The molecule has 0 unspecified atom stereocenters. The van der Waals surface area contributed by atoms with Gasteiger partial charge >= 0.3 is 5.97 Å². The minimum atomic E-state index is -0.185. The number of carbonyl (C=O) groups excluding carboxylic acids is 1. The third-order valence-corrected chi connectivity index (χ3v) is 2.63. The molecule has 1 aromatic heterocycles. The highest BCUT2D eigenvalue weighted by Crippen LogP contribution is 2.06. The van der Waals surface area contributed by atoms with Crippen molar-refractivity contribution >= 4 is 5.97 Å². The first-order chi connectivity index (χ1) is 8.04. The lowest BCUT2D eigenvalue weighted by atomic mass is 10.3. The van der Waals surface area contributed by atoms with E-state index in [4.69, 9.17) is 4.74 Å². The number of esters is 1. The zero-order chi connectivity index (χ0) is 12.8. The summed E-state index contributed by atoms with van der Waals surface area (Å²) in [6.07, 6.45) is 3.66. The predicted molar refractivity (Wildman–Crippen MR) is 65.4 cm³/mol. The van der Waals surface area contributed by atoms with Crippen LogP contribution in [0.2, 0.25) is 0 Å². The van der Waals surface area contributed by atoms with E-state index in [1.165, 1.54) is 0 Å². The van der Waals surface area contributed by atoms with Crippen molar-refractivity contribution in [3.05, 3.63) is 18.2 Å². The number of hydrogen-bond donors (Lipinski definition) is 0. The van der Waals surface area contributed by atoms with Crippen LogP contribution < -0.4 is 0 Å². The molecule has 1 aromatic rings. The molecule has 0 N–H and O–H groups in total. The van der Waals surface area contributed by atoms with Gasteiger partial charge in [-0.3, -0.25) is 9.69 Å². The maximum atomic E-state index is 11.5. The summed E-state index contributed by atoms with van der Waals surface area (Å²) >= 11 is 0. The first-order valence-corrected chi connectivity index (χ1v) is 5.90. The molecule has 5 nitrogen and oxygen atoms in total. The Morgan fingerprint density at radius 3 is 2.76 bits per heavy atom. The van der Waals surface area contributed by atoms with Crippen LogP contribution in [0.3, 0.4) is 0 Å². The molecule has 96 valence electrons. The molecule has 0 aliphatic rings. The molecule has 0 radical (unpaired) electrons. The normalized spacial score (nSPS) is 11.2. The van der Waals surface area contributed by atoms with Gasteiger partial charge in [0.05, 0.1) is 19.7 Å². The molecule has 17 heavy (non-hydrogen) atoms. The first kappa shape index (κ1) is 13.7. The number of aryl methyl sites for hydroxylation is 1. The molecule has 0 aromatic carbocycles. The number of ether oxygens (including phenoxy) is 1. The number of imidazole rings is 1. The van der Waals surface area contributed by atoms with E-state index in [2.05, 4.69) is 18.8 Å². The van der Waals surface area contributed by atoms with Crippen molar-refractivity contribution in [2.45, 2.75) is 33.4 Å². The largest absolute Gasteiger partial charge is 0.465 e. The lowest BCUT2D eigenvalue weighted by Crippen LogP contribution is -2.36. The maximum Gasteiger partial charge on any atom is 0.320 e. The molecule has 0 bridgehead atoms. The van der Waals surface area contributed by atoms with Crippen LogP contribution in [0.15, 0.2) is 12.4 Å². The Balaban J connectivity index is 2.61. The fourth-order valence-corrected chi connectivity index (χ4v) is 1.52. The fraction of sp³-hybridized carbons (Fsp3) is 0.667. The SMILES string of the molecule is CCOC(=O)CN(Cc1nccn1C)C(C)C. The zero-order valence-corrected chi connectivity index (χ0v) is 11.0. The summed E-state index contributed by atoms with van der Waals surface area (Å²) < 4.78 is 6.92. The van der Waals surface area contributed by atoms with Crippen LogP contribution in [0.25, 0.3) is 0 Å². The first-order valence-electron chi connectivity index (χ1n) is 5.90. The van der Waals surface area contributed by atoms with Crippen molar-refractivity contribution in [3.63, 3.8) is 0 Å². The molecule has 0 saturated heterocycles. The Labute approximate surface area is 102 Å². The number of carbonyl (C=O) groups is 1. The van der Waals surface area contributed by atoms with Gasteiger partial charge in [-0.1, -0.05) is 0 Å². The van der Waals surface area contributed by atoms with Gasteiger partial charge < -0.3 is 9.30 Å². The molecular weight excluding hydrogens is 218 g/mol. The fourth-order valence-electron chi connectivity index (χ4n) is 1.52.